The second-order valence-electron chi connectivity index (χ2n) is 4.51. The van der Waals surface area contributed by atoms with Crippen LogP contribution >= 0.6 is 11.8 Å². The number of carbonyl (C=O) groups is 1. The van der Waals surface area contributed by atoms with Crippen LogP contribution in [0.3, 0.4) is 0 Å². The van der Waals surface area contributed by atoms with Crippen LogP contribution in [0, 0.1) is 0 Å². The number of thioether (sulfide) groups is 1. The summed E-state index contributed by atoms with van der Waals surface area (Å²) in [5, 5.41) is 0. The number of alkyl halides is 7. The average molecular weight is 358 g/mol. The number of carbonyl (C=O) groups excluding carboxylic acids is 1. The zero-order valence-corrected chi connectivity index (χ0v) is 12.6. The lowest BCUT2D eigenvalue weighted by Crippen LogP contribution is -2.51. The molecule has 2 nitrogen and oxygen atoms in total. The lowest BCUT2D eigenvalue weighted by atomic mass is 10.0. The van der Waals surface area contributed by atoms with Gasteiger partial charge in [0.25, 0.3) is 0 Å². The minimum atomic E-state index is -6.28. The highest BCUT2D eigenvalue weighted by Gasteiger charge is 2.72. The fourth-order valence-electron chi connectivity index (χ4n) is 1.33. The standard InChI is InChI=1S/C12H17F7O2S/c1-2-6-21-9(20)8-22-7-4-3-5-10(13,14)11(15,16)12(17,18)19/h2-8H2,1H3. The summed E-state index contributed by atoms with van der Waals surface area (Å²) in [6.07, 6.45) is -7.71. The van der Waals surface area contributed by atoms with Gasteiger partial charge in [0.2, 0.25) is 0 Å². The summed E-state index contributed by atoms with van der Waals surface area (Å²) in [6.45, 7) is 2.06. The molecule has 0 unspecified atom stereocenters. The van der Waals surface area contributed by atoms with E-state index in [1.807, 2.05) is 0 Å². The molecule has 132 valence electrons. The zero-order chi connectivity index (χ0) is 17.4. The Labute approximate surface area is 127 Å². The maximum atomic E-state index is 12.9. The van der Waals surface area contributed by atoms with Crippen LogP contribution in [-0.4, -0.2) is 42.1 Å². The normalized spacial score (nSPS) is 13.3. The highest BCUT2D eigenvalue weighted by atomic mass is 32.2. The van der Waals surface area contributed by atoms with Gasteiger partial charge in [0.15, 0.2) is 0 Å². The fourth-order valence-corrected chi connectivity index (χ4v) is 2.13. The molecular formula is C12H17F7O2S. The number of halogens is 7. The van der Waals surface area contributed by atoms with E-state index in [9.17, 15) is 35.5 Å². The van der Waals surface area contributed by atoms with Crippen molar-refractivity contribution in [3.8, 4) is 0 Å². The number of rotatable bonds is 10. The minimum absolute atomic E-state index is 0.00471. The number of ether oxygens (including phenoxy) is 1. The van der Waals surface area contributed by atoms with Gasteiger partial charge in [0.05, 0.1) is 12.4 Å². The highest BCUT2D eigenvalue weighted by Crippen LogP contribution is 2.48. The van der Waals surface area contributed by atoms with Crippen molar-refractivity contribution in [2.45, 2.75) is 50.6 Å². The van der Waals surface area contributed by atoms with Crippen molar-refractivity contribution in [3.63, 3.8) is 0 Å². The van der Waals surface area contributed by atoms with Gasteiger partial charge < -0.3 is 4.74 Å². The lowest BCUT2D eigenvalue weighted by molar-refractivity contribution is -0.355. The SMILES string of the molecule is CCCOC(=O)CSCCCCC(F)(F)C(F)(F)C(F)(F)F. The molecule has 0 bridgehead atoms. The average Bonchev–Trinajstić information content (AvgIpc) is 2.38. The van der Waals surface area contributed by atoms with Crippen molar-refractivity contribution >= 4 is 17.7 Å². The maximum Gasteiger partial charge on any atom is 0.459 e. The van der Waals surface area contributed by atoms with Gasteiger partial charge in [-0.25, -0.2) is 0 Å². The zero-order valence-electron chi connectivity index (χ0n) is 11.8. The second kappa shape index (κ2) is 8.83. The van der Waals surface area contributed by atoms with E-state index in [-0.39, 0.29) is 24.5 Å². The summed E-state index contributed by atoms with van der Waals surface area (Å²) in [5.41, 5.74) is 0. The third kappa shape index (κ3) is 6.62. The van der Waals surface area contributed by atoms with Gasteiger partial charge in [-0.1, -0.05) is 6.92 Å². The number of hydrogen-bond acceptors (Lipinski definition) is 3. The fraction of sp³-hybridized carbons (Fsp3) is 0.917. The summed E-state index contributed by atoms with van der Waals surface area (Å²) >= 11 is 1.05. The molecule has 0 aliphatic heterocycles. The molecule has 0 aromatic carbocycles. The molecule has 0 spiro atoms. The van der Waals surface area contributed by atoms with Crippen molar-refractivity contribution in [3.05, 3.63) is 0 Å². The van der Waals surface area contributed by atoms with Crippen LogP contribution in [0.15, 0.2) is 0 Å². The van der Waals surface area contributed by atoms with Gasteiger partial charge in [-0.15, -0.1) is 0 Å². The van der Waals surface area contributed by atoms with E-state index in [0.29, 0.717) is 6.42 Å². The Bertz CT molecular complexity index is 345. The number of esters is 1. The van der Waals surface area contributed by atoms with Crippen LogP contribution in [0.1, 0.15) is 32.6 Å². The summed E-state index contributed by atoms with van der Waals surface area (Å²) in [4.78, 5) is 11.0. The van der Waals surface area contributed by atoms with Crippen molar-refractivity contribution in [1.29, 1.82) is 0 Å². The molecule has 0 heterocycles. The molecule has 0 aliphatic carbocycles. The van der Waals surface area contributed by atoms with Crippen molar-refractivity contribution < 1.29 is 40.3 Å². The molecule has 0 aliphatic rings. The topological polar surface area (TPSA) is 26.3 Å². The smallest absolute Gasteiger partial charge is 0.459 e. The molecule has 0 radical (unpaired) electrons. The van der Waals surface area contributed by atoms with E-state index in [0.717, 1.165) is 11.8 Å². The monoisotopic (exact) mass is 358 g/mol. The first kappa shape index (κ1) is 21.3. The summed E-state index contributed by atoms with van der Waals surface area (Å²) in [7, 11) is 0. The Morgan fingerprint density at radius 1 is 1.05 bits per heavy atom. The first-order valence-electron chi connectivity index (χ1n) is 6.51. The van der Waals surface area contributed by atoms with Gasteiger partial charge in [-0.2, -0.15) is 42.5 Å². The Balaban J connectivity index is 3.98. The van der Waals surface area contributed by atoms with Gasteiger partial charge in [-0.3, -0.25) is 4.79 Å². The van der Waals surface area contributed by atoms with Gasteiger partial charge >= 0.3 is 24.0 Å². The van der Waals surface area contributed by atoms with Crippen LogP contribution in [0.2, 0.25) is 0 Å². The summed E-state index contributed by atoms with van der Waals surface area (Å²) in [6, 6.07) is 0. The maximum absolute atomic E-state index is 12.9. The Hall–Kier alpha value is -0.670. The Kier molecular flexibility index (Phi) is 8.56. The first-order valence-corrected chi connectivity index (χ1v) is 7.67. The number of hydrogen-bond donors (Lipinski definition) is 0. The van der Waals surface area contributed by atoms with Gasteiger partial charge in [-0.05, 0) is 25.0 Å². The van der Waals surface area contributed by atoms with E-state index < -0.39 is 36.8 Å². The first-order chi connectivity index (χ1) is 9.95. The molecule has 0 aromatic heterocycles. The van der Waals surface area contributed by atoms with Crippen molar-refractivity contribution in [2.75, 3.05) is 18.1 Å². The Morgan fingerprint density at radius 3 is 2.14 bits per heavy atom. The molecule has 0 saturated heterocycles. The highest BCUT2D eigenvalue weighted by molar-refractivity contribution is 7.99. The van der Waals surface area contributed by atoms with Crippen LogP contribution in [0.25, 0.3) is 0 Å². The predicted octanol–water partition coefficient (Wildman–Crippen LogP) is 4.68. The van der Waals surface area contributed by atoms with Crippen LogP contribution < -0.4 is 0 Å². The lowest BCUT2D eigenvalue weighted by Gasteiger charge is -2.28. The van der Waals surface area contributed by atoms with Crippen molar-refractivity contribution in [1.82, 2.24) is 0 Å². The second-order valence-corrected chi connectivity index (χ2v) is 5.61. The molecular weight excluding hydrogens is 341 g/mol. The third-order valence-corrected chi connectivity index (χ3v) is 3.55. The van der Waals surface area contributed by atoms with E-state index in [4.69, 9.17) is 4.74 Å². The van der Waals surface area contributed by atoms with Crippen molar-refractivity contribution in [2.24, 2.45) is 0 Å². The summed E-state index contributed by atoms with van der Waals surface area (Å²) in [5.74, 6) is -11.5. The number of unbranched alkanes of at least 4 members (excludes halogenated alkanes) is 1. The molecule has 0 atom stereocenters. The molecule has 0 saturated carbocycles. The minimum Gasteiger partial charge on any atom is -0.465 e. The Morgan fingerprint density at radius 2 is 1.64 bits per heavy atom. The molecule has 0 N–H and O–H groups in total. The molecule has 10 heteroatoms. The molecule has 22 heavy (non-hydrogen) atoms. The van der Waals surface area contributed by atoms with E-state index in [1.165, 1.54) is 0 Å². The van der Waals surface area contributed by atoms with Gasteiger partial charge in [0, 0.05) is 6.42 Å². The predicted molar refractivity (Wildman–Crippen MR) is 68.4 cm³/mol. The largest absolute Gasteiger partial charge is 0.465 e. The van der Waals surface area contributed by atoms with Crippen LogP contribution in [-0.2, 0) is 9.53 Å². The molecule has 0 aromatic rings. The van der Waals surface area contributed by atoms with Crippen LogP contribution in [0.5, 0.6) is 0 Å². The van der Waals surface area contributed by atoms with E-state index in [2.05, 4.69) is 0 Å². The van der Waals surface area contributed by atoms with Gasteiger partial charge in [0.1, 0.15) is 0 Å². The molecule has 0 rings (SSSR count). The summed E-state index contributed by atoms with van der Waals surface area (Å²) < 4.78 is 91.3. The van der Waals surface area contributed by atoms with Crippen LogP contribution in [0.4, 0.5) is 30.7 Å². The van der Waals surface area contributed by atoms with E-state index in [1.54, 1.807) is 6.92 Å². The molecule has 0 fully saturated rings. The van der Waals surface area contributed by atoms with E-state index >= 15 is 0 Å². The molecule has 0 amide bonds. The third-order valence-electron chi connectivity index (χ3n) is 2.53. The quantitative estimate of drug-likeness (QED) is 0.322.